The third-order valence-corrected chi connectivity index (χ3v) is 2.38. The number of benzene rings is 1. The van der Waals surface area contributed by atoms with E-state index in [1.807, 2.05) is 0 Å². The second-order valence-electron chi connectivity index (χ2n) is 3.81. The van der Waals surface area contributed by atoms with Crippen LogP contribution in [-0.2, 0) is 11.3 Å². The molecule has 18 heavy (non-hydrogen) atoms. The van der Waals surface area contributed by atoms with Crippen molar-refractivity contribution in [2.45, 2.75) is 6.54 Å². The van der Waals surface area contributed by atoms with E-state index in [1.165, 1.54) is 25.3 Å². The Labute approximate surface area is 105 Å². The summed E-state index contributed by atoms with van der Waals surface area (Å²) < 4.78 is 18.3. The van der Waals surface area contributed by atoms with E-state index in [0.717, 1.165) is 0 Å². The van der Waals surface area contributed by atoms with Crippen LogP contribution < -0.4 is 4.74 Å². The number of carboxylic acids is 1. The molecule has 98 valence electrons. The number of aliphatic carboxylic acids is 1. The first-order chi connectivity index (χ1) is 8.56. The first kappa shape index (κ1) is 14.2. The summed E-state index contributed by atoms with van der Waals surface area (Å²) in [6, 6.07) is 4.17. The van der Waals surface area contributed by atoms with Gasteiger partial charge in [0, 0.05) is 18.7 Å². The van der Waals surface area contributed by atoms with Crippen molar-refractivity contribution in [2.75, 3.05) is 20.2 Å². The first-order valence-corrected chi connectivity index (χ1v) is 5.44. The quantitative estimate of drug-likeness (QED) is 0.754. The Morgan fingerprint density at radius 3 is 2.89 bits per heavy atom. The van der Waals surface area contributed by atoms with Crippen LogP contribution in [0.25, 0.3) is 0 Å². The smallest absolute Gasteiger partial charge is 0.317 e. The molecule has 5 heteroatoms. The zero-order valence-corrected chi connectivity index (χ0v) is 10.2. The Morgan fingerprint density at radius 2 is 2.33 bits per heavy atom. The van der Waals surface area contributed by atoms with Crippen molar-refractivity contribution in [3.8, 4) is 5.75 Å². The summed E-state index contributed by atoms with van der Waals surface area (Å²) in [6.45, 7) is 4.14. The van der Waals surface area contributed by atoms with Crippen LogP contribution in [-0.4, -0.2) is 36.2 Å². The summed E-state index contributed by atoms with van der Waals surface area (Å²) in [6.07, 6.45) is 1.61. The SMILES string of the molecule is C=CCN(CC(=O)O)Cc1cc(F)ccc1OC. The maximum Gasteiger partial charge on any atom is 0.317 e. The average molecular weight is 253 g/mol. The van der Waals surface area contributed by atoms with Gasteiger partial charge >= 0.3 is 5.97 Å². The van der Waals surface area contributed by atoms with Crippen LogP contribution in [0, 0.1) is 5.82 Å². The molecule has 0 heterocycles. The van der Waals surface area contributed by atoms with Crippen molar-refractivity contribution in [3.05, 3.63) is 42.2 Å². The predicted molar refractivity (Wildman–Crippen MR) is 66.1 cm³/mol. The van der Waals surface area contributed by atoms with Crippen molar-refractivity contribution < 1.29 is 19.0 Å². The van der Waals surface area contributed by atoms with Gasteiger partial charge in [-0.3, -0.25) is 9.69 Å². The van der Waals surface area contributed by atoms with E-state index in [1.54, 1.807) is 11.0 Å². The van der Waals surface area contributed by atoms with Gasteiger partial charge in [0.1, 0.15) is 11.6 Å². The van der Waals surface area contributed by atoms with Gasteiger partial charge in [-0.15, -0.1) is 6.58 Å². The van der Waals surface area contributed by atoms with E-state index in [4.69, 9.17) is 9.84 Å². The van der Waals surface area contributed by atoms with Crippen molar-refractivity contribution in [3.63, 3.8) is 0 Å². The molecule has 1 rings (SSSR count). The van der Waals surface area contributed by atoms with Gasteiger partial charge in [-0.25, -0.2) is 4.39 Å². The molecule has 1 N–H and O–H groups in total. The van der Waals surface area contributed by atoms with E-state index in [9.17, 15) is 9.18 Å². The highest BCUT2D eigenvalue weighted by Gasteiger charge is 2.12. The number of ether oxygens (including phenoxy) is 1. The number of carbonyl (C=O) groups is 1. The molecule has 1 aromatic rings. The van der Waals surface area contributed by atoms with Crippen LogP contribution in [0.3, 0.4) is 0 Å². The molecule has 0 atom stereocenters. The van der Waals surface area contributed by atoms with Crippen LogP contribution in [0.15, 0.2) is 30.9 Å². The molecule has 0 saturated carbocycles. The standard InChI is InChI=1S/C13H16FNO3/c1-3-6-15(9-13(16)17)8-10-7-11(14)4-5-12(10)18-2/h3-5,7H,1,6,8-9H2,2H3,(H,16,17). The van der Waals surface area contributed by atoms with Gasteiger partial charge in [0.25, 0.3) is 0 Å². The van der Waals surface area contributed by atoms with Crippen molar-refractivity contribution in [2.24, 2.45) is 0 Å². The molecule has 4 nitrogen and oxygen atoms in total. The fourth-order valence-electron chi connectivity index (χ4n) is 1.67. The molecular formula is C13H16FNO3. The summed E-state index contributed by atoms with van der Waals surface area (Å²) in [5.41, 5.74) is 0.612. The highest BCUT2D eigenvalue weighted by Crippen LogP contribution is 2.20. The molecule has 0 aliphatic heterocycles. The van der Waals surface area contributed by atoms with Gasteiger partial charge in [-0.1, -0.05) is 6.08 Å². The Morgan fingerprint density at radius 1 is 1.61 bits per heavy atom. The lowest BCUT2D eigenvalue weighted by atomic mass is 10.1. The zero-order valence-electron chi connectivity index (χ0n) is 10.2. The number of rotatable bonds is 7. The highest BCUT2D eigenvalue weighted by atomic mass is 19.1. The molecule has 0 radical (unpaired) electrons. The van der Waals surface area contributed by atoms with Crippen molar-refractivity contribution >= 4 is 5.97 Å². The molecule has 0 unspecified atom stereocenters. The van der Waals surface area contributed by atoms with Gasteiger partial charge in [0.2, 0.25) is 0 Å². The van der Waals surface area contributed by atoms with Crippen molar-refractivity contribution in [1.82, 2.24) is 4.90 Å². The molecule has 0 spiro atoms. The minimum absolute atomic E-state index is 0.133. The monoisotopic (exact) mass is 253 g/mol. The molecule has 0 amide bonds. The number of halogens is 1. The number of carboxylic acid groups (broad SMARTS) is 1. The van der Waals surface area contributed by atoms with Crippen LogP contribution >= 0.6 is 0 Å². The van der Waals surface area contributed by atoms with Gasteiger partial charge in [0.05, 0.1) is 13.7 Å². The molecular weight excluding hydrogens is 237 g/mol. The van der Waals surface area contributed by atoms with Gasteiger partial charge in [-0.2, -0.15) is 0 Å². The molecule has 0 saturated heterocycles. The van der Waals surface area contributed by atoms with E-state index in [-0.39, 0.29) is 12.4 Å². The number of hydrogen-bond donors (Lipinski definition) is 1. The van der Waals surface area contributed by atoms with E-state index >= 15 is 0 Å². The predicted octanol–water partition coefficient (Wildman–Crippen LogP) is 1.91. The maximum absolute atomic E-state index is 13.2. The molecule has 0 bridgehead atoms. The molecule has 1 aromatic carbocycles. The van der Waals surface area contributed by atoms with Crippen molar-refractivity contribution in [1.29, 1.82) is 0 Å². The summed E-state index contributed by atoms with van der Waals surface area (Å²) in [5, 5.41) is 8.79. The zero-order chi connectivity index (χ0) is 13.5. The molecule has 0 aliphatic rings. The number of methoxy groups -OCH3 is 1. The Balaban J connectivity index is 2.87. The minimum atomic E-state index is -0.938. The lowest BCUT2D eigenvalue weighted by Gasteiger charge is -2.19. The second kappa shape index (κ2) is 6.76. The Hall–Kier alpha value is -1.88. The van der Waals surface area contributed by atoms with E-state index < -0.39 is 5.97 Å². The lowest BCUT2D eigenvalue weighted by molar-refractivity contribution is -0.138. The van der Waals surface area contributed by atoms with Crippen LogP contribution in [0.4, 0.5) is 4.39 Å². The first-order valence-electron chi connectivity index (χ1n) is 5.44. The largest absolute Gasteiger partial charge is 0.496 e. The second-order valence-corrected chi connectivity index (χ2v) is 3.81. The van der Waals surface area contributed by atoms with E-state index in [2.05, 4.69) is 6.58 Å². The number of nitrogens with zero attached hydrogens (tertiary/aromatic N) is 1. The van der Waals surface area contributed by atoms with Gasteiger partial charge in [0.15, 0.2) is 0 Å². The summed E-state index contributed by atoms with van der Waals surface area (Å²) in [4.78, 5) is 12.3. The van der Waals surface area contributed by atoms with Crippen LogP contribution in [0.2, 0.25) is 0 Å². The maximum atomic E-state index is 13.2. The third kappa shape index (κ3) is 4.18. The lowest BCUT2D eigenvalue weighted by Crippen LogP contribution is -2.29. The summed E-state index contributed by atoms with van der Waals surface area (Å²) in [7, 11) is 1.49. The summed E-state index contributed by atoms with van der Waals surface area (Å²) >= 11 is 0. The highest BCUT2D eigenvalue weighted by molar-refractivity contribution is 5.69. The Bertz CT molecular complexity index is 434. The fourth-order valence-corrected chi connectivity index (χ4v) is 1.67. The minimum Gasteiger partial charge on any atom is -0.496 e. The average Bonchev–Trinajstić information content (AvgIpc) is 2.28. The normalized spacial score (nSPS) is 10.4. The Kier molecular flexibility index (Phi) is 5.32. The van der Waals surface area contributed by atoms with E-state index in [0.29, 0.717) is 24.4 Å². The number of hydrogen-bond acceptors (Lipinski definition) is 3. The molecule has 0 fully saturated rings. The van der Waals surface area contributed by atoms with Crippen LogP contribution in [0.5, 0.6) is 5.75 Å². The van der Waals surface area contributed by atoms with Crippen LogP contribution in [0.1, 0.15) is 5.56 Å². The fraction of sp³-hybridized carbons (Fsp3) is 0.308. The molecule has 0 aliphatic carbocycles. The summed E-state index contributed by atoms with van der Waals surface area (Å²) in [5.74, 6) is -0.775. The van der Waals surface area contributed by atoms with Gasteiger partial charge in [-0.05, 0) is 18.2 Å². The topological polar surface area (TPSA) is 49.8 Å². The third-order valence-electron chi connectivity index (χ3n) is 2.38. The van der Waals surface area contributed by atoms with Gasteiger partial charge < -0.3 is 9.84 Å². The molecule has 0 aromatic heterocycles.